The Kier molecular flexibility index (Phi) is 3.37. The lowest BCUT2D eigenvalue weighted by molar-refractivity contribution is 0.276. The lowest BCUT2D eigenvalue weighted by Crippen LogP contribution is -2.04. The Balaban J connectivity index is 2.07. The Bertz CT molecular complexity index is 510. The highest BCUT2D eigenvalue weighted by Crippen LogP contribution is 2.15. The zero-order chi connectivity index (χ0) is 12.3. The molecule has 0 aliphatic rings. The van der Waals surface area contributed by atoms with Crippen LogP contribution in [-0.4, -0.2) is 14.8 Å². The summed E-state index contributed by atoms with van der Waals surface area (Å²) in [6, 6.07) is 5.15. The molecule has 0 amide bonds. The van der Waals surface area contributed by atoms with E-state index in [1.807, 2.05) is 20.0 Å². The Labute approximate surface area is 99.1 Å². The summed E-state index contributed by atoms with van der Waals surface area (Å²) in [5.74, 6) is -0.433. The van der Waals surface area contributed by atoms with Crippen LogP contribution in [0.25, 0.3) is 0 Å². The molecule has 0 saturated heterocycles. The zero-order valence-electron chi connectivity index (χ0n) is 9.85. The summed E-state index contributed by atoms with van der Waals surface area (Å²) >= 11 is 0. The second-order valence-corrected chi connectivity index (χ2v) is 3.69. The molecule has 0 aromatic carbocycles. The fourth-order valence-electron chi connectivity index (χ4n) is 1.51. The van der Waals surface area contributed by atoms with Gasteiger partial charge in [-0.3, -0.25) is 4.68 Å². The third-order valence-electron chi connectivity index (χ3n) is 2.49. The van der Waals surface area contributed by atoms with Crippen molar-refractivity contribution < 1.29 is 9.13 Å². The fraction of sp³-hybridized carbons (Fsp3) is 0.333. The highest BCUT2D eigenvalue weighted by Gasteiger charge is 2.07. The number of aryl methyl sites for hydroxylation is 2. The fourth-order valence-corrected chi connectivity index (χ4v) is 1.51. The quantitative estimate of drug-likeness (QED) is 0.762. The molecule has 0 aliphatic carbocycles. The van der Waals surface area contributed by atoms with E-state index in [-0.39, 0.29) is 12.4 Å². The molecule has 0 unspecified atom stereocenters. The van der Waals surface area contributed by atoms with E-state index in [4.69, 9.17) is 4.74 Å². The summed E-state index contributed by atoms with van der Waals surface area (Å²) in [7, 11) is 1.84. The van der Waals surface area contributed by atoms with E-state index >= 15 is 0 Å². The van der Waals surface area contributed by atoms with E-state index < -0.39 is 5.95 Å². The molecule has 0 saturated carbocycles. The molecule has 0 bridgehead atoms. The van der Waals surface area contributed by atoms with E-state index in [0.717, 1.165) is 17.8 Å². The minimum atomic E-state index is -0.592. The first-order chi connectivity index (χ1) is 8.20. The molecule has 2 rings (SSSR count). The molecule has 2 aromatic rings. The van der Waals surface area contributed by atoms with Crippen LogP contribution in [0.5, 0.6) is 5.75 Å². The monoisotopic (exact) mass is 235 g/mol. The van der Waals surface area contributed by atoms with Crippen LogP contribution in [0, 0.1) is 5.95 Å². The first-order valence-electron chi connectivity index (χ1n) is 5.45. The Hall–Kier alpha value is -1.91. The van der Waals surface area contributed by atoms with Gasteiger partial charge in [0.05, 0.1) is 11.4 Å². The first kappa shape index (κ1) is 11.6. The van der Waals surface area contributed by atoms with Gasteiger partial charge in [-0.05, 0) is 24.6 Å². The molecule has 17 heavy (non-hydrogen) atoms. The van der Waals surface area contributed by atoms with Crippen LogP contribution in [0.2, 0.25) is 0 Å². The smallest absolute Gasteiger partial charge is 0.255 e. The number of pyridine rings is 1. The van der Waals surface area contributed by atoms with Crippen molar-refractivity contribution in [2.24, 2.45) is 7.05 Å². The summed E-state index contributed by atoms with van der Waals surface area (Å²) < 4.78 is 20.3. The van der Waals surface area contributed by atoms with Crippen LogP contribution < -0.4 is 4.74 Å². The van der Waals surface area contributed by atoms with Crippen molar-refractivity contribution in [2.75, 3.05) is 0 Å². The maximum atomic E-state index is 13.2. The van der Waals surface area contributed by atoms with Crippen LogP contribution in [0.4, 0.5) is 4.39 Å². The largest absolute Gasteiger partial charge is 0.483 e. The molecule has 2 heterocycles. The molecule has 0 radical (unpaired) electrons. The second-order valence-electron chi connectivity index (χ2n) is 3.69. The normalized spacial score (nSPS) is 10.5. The molecule has 0 atom stereocenters. The van der Waals surface area contributed by atoms with Crippen LogP contribution in [0.1, 0.15) is 18.3 Å². The van der Waals surface area contributed by atoms with Gasteiger partial charge in [0.25, 0.3) is 5.95 Å². The van der Waals surface area contributed by atoms with E-state index in [1.165, 1.54) is 6.20 Å². The number of ether oxygens (including phenoxy) is 1. The average Bonchev–Trinajstić information content (AvgIpc) is 2.69. The summed E-state index contributed by atoms with van der Waals surface area (Å²) in [6.45, 7) is 2.32. The van der Waals surface area contributed by atoms with Gasteiger partial charge in [0.15, 0.2) is 5.75 Å². The predicted octanol–water partition coefficient (Wildman–Crippen LogP) is 2.10. The molecule has 90 valence electrons. The van der Waals surface area contributed by atoms with Crippen molar-refractivity contribution in [3.05, 3.63) is 41.7 Å². The highest BCUT2D eigenvalue weighted by molar-refractivity contribution is 5.18. The van der Waals surface area contributed by atoms with E-state index in [1.54, 1.807) is 16.8 Å². The summed E-state index contributed by atoms with van der Waals surface area (Å²) in [4.78, 5) is 3.52. The van der Waals surface area contributed by atoms with Crippen molar-refractivity contribution in [3.63, 3.8) is 0 Å². The Morgan fingerprint density at radius 1 is 1.47 bits per heavy atom. The minimum Gasteiger partial charge on any atom is -0.483 e. The van der Waals surface area contributed by atoms with Crippen molar-refractivity contribution in [3.8, 4) is 5.75 Å². The van der Waals surface area contributed by atoms with E-state index in [0.29, 0.717) is 0 Å². The number of hydrogen-bond acceptors (Lipinski definition) is 3. The van der Waals surface area contributed by atoms with Crippen LogP contribution >= 0.6 is 0 Å². The van der Waals surface area contributed by atoms with Gasteiger partial charge in [-0.2, -0.15) is 9.49 Å². The van der Waals surface area contributed by atoms with Crippen LogP contribution in [-0.2, 0) is 20.1 Å². The van der Waals surface area contributed by atoms with Crippen molar-refractivity contribution >= 4 is 0 Å². The lowest BCUT2D eigenvalue weighted by Gasteiger charge is -2.06. The third-order valence-corrected chi connectivity index (χ3v) is 2.49. The molecule has 2 aromatic heterocycles. The van der Waals surface area contributed by atoms with Crippen molar-refractivity contribution in [2.45, 2.75) is 20.0 Å². The van der Waals surface area contributed by atoms with Gasteiger partial charge in [-0.1, -0.05) is 6.92 Å². The Morgan fingerprint density at radius 3 is 2.94 bits per heavy atom. The number of halogens is 1. The SMILES string of the molecule is CCc1cc(COc2cccnc2F)n(C)n1. The van der Waals surface area contributed by atoms with Gasteiger partial charge in [0.1, 0.15) is 6.61 Å². The molecule has 0 aliphatic heterocycles. The third kappa shape index (κ3) is 2.61. The highest BCUT2D eigenvalue weighted by atomic mass is 19.1. The second kappa shape index (κ2) is 4.95. The van der Waals surface area contributed by atoms with Gasteiger partial charge in [-0.15, -0.1) is 0 Å². The van der Waals surface area contributed by atoms with Gasteiger partial charge in [0.2, 0.25) is 0 Å². The number of hydrogen-bond donors (Lipinski definition) is 0. The van der Waals surface area contributed by atoms with Crippen molar-refractivity contribution in [1.82, 2.24) is 14.8 Å². The van der Waals surface area contributed by atoms with E-state index in [9.17, 15) is 4.39 Å². The summed E-state index contributed by atoms with van der Waals surface area (Å²) in [5.41, 5.74) is 1.91. The molecule has 5 heteroatoms. The van der Waals surface area contributed by atoms with Crippen LogP contribution in [0.3, 0.4) is 0 Å². The molecule has 0 N–H and O–H groups in total. The molecule has 0 spiro atoms. The van der Waals surface area contributed by atoms with Gasteiger partial charge < -0.3 is 4.74 Å². The molecule has 4 nitrogen and oxygen atoms in total. The Morgan fingerprint density at radius 2 is 2.29 bits per heavy atom. The maximum Gasteiger partial charge on any atom is 0.255 e. The summed E-state index contributed by atoms with van der Waals surface area (Å²) in [5, 5.41) is 4.29. The van der Waals surface area contributed by atoms with Gasteiger partial charge >= 0.3 is 0 Å². The first-order valence-corrected chi connectivity index (χ1v) is 5.45. The average molecular weight is 235 g/mol. The zero-order valence-corrected chi connectivity index (χ0v) is 9.85. The standard InChI is InChI=1S/C12H14FN3O/c1-3-9-7-10(16(2)15-9)8-17-11-5-4-6-14-12(11)13/h4-7H,3,8H2,1-2H3. The number of nitrogens with zero attached hydrogens (tertiary/aromatic N) is 3. The lowest BCUT2D eigenvalue weighted by atomic mass is 10.3. The van der Waals surface area contributed by atoms with Gasteiger partial charge in [0, 0.05) is 13.2 Å². The molecular formula is C12H14FN3O. The summed E-state index contributed by atoms with van der Waals surface area (Å²) in [6.07, 6.45) is 2.26. The molecule has 0 fully saturated rings. The van der Waals surface area contributed by atoms with E-state index in [2.05, 4.69) is 10.1 Å². The topological polar surface area (TPSA) is 39.9 Å². The number of aromatic nitrogens is 3. The van der Waals surface area contributed by atoms with Crippen molar-refractivity contribution in [1.29, 1.82) is 0 Å². The molecular weight excluding hydrogens is 221 g/mol. The van der Waals surface area contributed by atoms with Gasteiger partial charge in [-0.25, -0.2) is 4.98 Å². The maximum absolute atomic E-state index is 13.2. The predicted molar refractivity (Wildman–Crippen MR) is 61.1 cm³/mol. The minimum absolute atomic E-state index is 0.159. The van der Waals surface area contributed by atoms with Crippen LogP contribution in [0.15, 0.2) is 24.4 Å². The number of rotatable bonds is 4.